The summed E-state index contributed by atoms with van der Waals surface area (Å²) in [5.41, 5.74) is 2.68. The SMILES string of the molecule is CC1C(=O)C2=C(CCCC2)C1C. The zero-order valence-electron chi connectivity index (χ0n) is 7.89. The van der Waals surface area contributed by atoms with Crippen molar-refractivity contribution in [3.05, 3.63) is 11.1 Å². The standard InChI is InChI=1S/C11H16O/c1-7-8(2)11(12)10-6-4-3-5-9(7)10/h7-8H,3-6H2,1-2H3. The Bertz CT molecular complexity index is 250. The van der Waals surface area contributed by atoms with E-state index in [9.17, 15) is 4.79 Å². The van der Waals surface area contributed by atoms with Gasteiger partial charge in [0.25, 0.3) is 0 Å². The third kappa shape index (κ3) is 0.954. The highest BCUT2D eigenvalue weighted by molar-refractivity contribution is 6.00. The maximum Gasteiger partial charge on any atom is 0.162 e. The van der Waals surface area contributed by atoms with Gasteiger partial charge in [-0.3, -0.25) is 4.79 Å². The highest BCUT2D eigenvalue weighted by Crippen LogP contribution is 2.41. The minimum absolute atomic E-state index is 0.271. The van der Waals surface area contributed by atoms with Crippen molar-refractivity contribution in [2.24, 2.45) is 11.8 Å². The van der Waals surface area contributed by atoms with E-state index in [0.717, 1.165) is 6.42 Å². The molecule has 2 aliphatic rings. The van der Waals surface area contributed by atoms with E-state index in [0.29, 0.717) is 11.7 Å². The van der Waals surface area contributed by atoms with Crippen molar-refractivity contribution in [3.63, 3.8) is 0 Å². The topological polar surface area (TPSA) is 17.1 Å². The largest absolute Gasteiger partial charge is 0.294 e. The summed E-state index contributed by atoms with van der Waals surface area (Å²) in [5.74, 6) is 1.25. The molecule has 0 heterocycles. The monoisotopic (exact) mass is 164 g/mol. The van der Waals surface area contributed by atoms with Crippen molar-refractivity contribution in [2.75, 3.05) is 0 Å². The summed E-state index contributed by atoms with van der Waals surface area (Å²) >= 11 is 0. The zero-order valence-corrected chi connectivity index (χ0v) is 7.89. The van der Waals surface area contributed by atoms with Crippen molar-refractivity contribution >= 4 is 5.78 Å². The predicted octanol–water partition coefficient (Wildman–Crippen LogP) is 2.71. The molecular weight excluding hydrogens is 148 g/mol. The van der Waals surface area contributed by atoms with Gasteiger partial charge in [-0.05, 0) is 37.2 Å². The first-order valence-electron chi connectivity index (χ1n) is 4.98. The second-order valence-corrected chi connectivity index (χ2v) is 4.15. The number of allylic oxidation sites excluding steroid dienone is 2. The minimum Gasteiger partial charge on any atom is -0.294 e. The average molecular weight is 164 g/mol. The molecule has 0 spiro atoms. The molecule has 2 unspecified atom stereocenters. The van der Waals surface area contributed by atoms with Gasteiger partial charge >= 0.3 is 0 Å². The van der Waals surface area contributed by atoms with Gasteiger partial charge < -0.3 is 0 Å². The van der Waals surface area contributed by atoms with Crippen LogP contribution >= 0.6 is 0 Å². The van der Waals surface area contributed by atoms with E-state index >= 15 is 0 Å². The molecule has 1 nitrogen and oxygen atoms in total. The molecular formula is C11H16O. The van der Waals surface area contributed by atoms with Crippen molar-refractivity contribution < 1.29 is 4.79 Å². The van der Waals surface area contributed by atoms with Crippen LogP contribution in [0.4, 0.5) is 0 Å². The summed E-state index contributed by atoms with van der Waals surface area (Å²) in [7, 11) is 0. The molecule has 0 saturated carbocycles. The van der Waals surface area contributed by atoms with E-state index < -0.39 is 0 Å². The summed E-state index contributed by atoms with van der Waals surface area (Å²) < 4.78 is 0. The van der Waals surface area contributed by atoms with Crippen LogP contribution in [-0.2, 0) is 4.79 Å². The molecule has 12 heavy (non-hydrogen) atoms. The number of Topliss-reactive ketones (excluding diaryl/α,β-unsaturated/α-hetero) is 1. The fraction of sp³-hybridized carbons (Fsp3) is 0.727. The van der Waals surface area contributed by atoms with Crippen LogP contribution in [0.25, 0.3) is 0 Å². The third-order valence-electron chi connectivity index (χ3n) is 3.52. The van der Waals surface area contributed by atoms with Gasteiger partial charge in [-0.25, -0.2) is 0 Å². The number of hydrogen-bond acceptors (Lipinski definition) is 1. The molecule has 0 amide bonds. The molecule has 0 saturated heterocycles. The van der Waals surface area contributed by atoms with Crippen molar-refractivity contribution in [1.82, 2.24) is 0 Å². The Morgan fingerprint density at radius 2 is 1.75 bits per heavy atom. The van der Waals surface area contributed by atoms with Crippen LogP contribution in [0, 0.1) is 11.8 Å². The van der Waals surface area contributed by atoms with E-state index in [1.54, 1.807) is 0 Å². The smallest absolute Gasteiger partial charge is 0.162 e. The molecule has 0 aromatic rings. The minimum atomic E-state index is 0.271. The number of carbonyl (C=O) groups is 1. The van der Waals surface area contributed by atoms with Gasteiger partial charge in [0.2, 0.25) is 0 Å². The molecule has 2 rings (SSSR count). The second kappa shape index (κ2) is 2.72. The number of carbonyl (C=O) groups excluding carboxylic acids is 1. The normalized spacial score (nSPS) is 35.7. The van der Waals surface area contributed by atoms with Crippen LogP contribution in [0.1, 0.15) is 39.5 Å². The fourth-order valence-corrected chi connectivity index (χ4v) is 2.52. The second-order valence-electron chi connectivity index (χ2n) is 4.15. The Morgan fingerprint density at radius 3 is 2.42 bits per heavy atom. The van der Waals surface area contributed by atoms with Crippen LogP contribution in [0.15, 0.2) is 11.1 Å². The summed E-state index contributed by atoms with van der Waals surface area (Å²) in [6.07, 6.45) is 4.77. The molecule has 0 radical (unpaired) electrons. The molecule has 66 valence electrons. The molecule has 0 aliphatic heterocycles. The van der Waals surface area contributed by atoms with Gasteiger partial charge in [0.1, 0.15) is 0 Å². The van der Waals surface area contributed by atoms with Gasteiger partial charge in [-0.15, -0.1) is 0 Å². The zero-order chi connectivity index (χ0) is 8.72. The lowest BCUT2D eigenvalue weighted by molar-refractivity contribution is -0.118. The quantitative estimate of drug-likeness (QED) is 0.538. The first kappa shape index (κ1) is 8.03. The van der Waals surface area contributed by atoms with Crippen molar-refractivity contribution in [2.45, 2.75) is 39.5 Å². The third-order valence-corrected chi connectivity index (χ3v) is 3.52. The Hall–Kier alpha value is -0.590. The predicted molar refractivity (Wildman–Crippen MR) is 48.8 cm³/mol. The highest BCUT2D eigenvalue weighted by Gasteiger charge is 2.36. The van der Waals surface area contributed by atoms with Gasteiger partial charge in [-0.2, -0.15) is 0 Å². The molecule has 0 aromatic carbocycles. The van der Waals surface area contributed by atoms with Gasteiger partial charge in [-0.1, -0.05) is 19.4 Å². The number of ketones is 1. The molecule has 0 fully saturated rings. The highest BCUT2D eigenvalue weighted by atomic mass is 16.1. The Kier molecular flexibility index (Phi) is 1.82. The molecule has 0 bridgehead atoms. The maximum absolute atomic E-state index is 11.7. The maximum atomic E-state index is 11.7. The Morgan fingerprint density at radius 1 is 1.08 bits per heavy atom. The molecule has 0 N–H and O–H groups in total. The van der Waals surface area contributed by atoms with E-state index in [1.165, 1.54) is 30.4 Å². The van der Waals surface area contributed by atoms with E-state index in [4.69, 9.17) is 0 Å². The van der Waals surface area contributed by atoms with Crippen molar-refractivity contribution in [3.8, 4) is 0 Å². The molecule has 0 aromatic heterocycles. The summed E-state index contributed by atoms with van der Waals surface area (Å²) in [6.45, 7) is 4.28. The lowest BCUT2D eigenvalue weighted by atomic mass is 9.89. The van der Waals surface area contributed by atoms with Crippen LogP contribution in [-0.4, -0.2) is 5.78 Å². The summed E-state index contributed by atoms with van der Waals surface area (Å²) in [5, 5.41) is 0. The lowest BCUT2D eigenvalue weighted by Crippen LogP contribution is -2.10. The van der Waals surface area contributed by atoms with Crippen LogP contribution in [0.2, 0.25) is 0 Å². The molecule has 2 aliphatic carbocycles. The van der Waals surface area contributed by atoms with Gasteiger partial charge in [0.15, 0.2) is 5.78 Å². The fourth-order valence-electron chi connectivity index (χ4n) is 2.52. The Labute approximate surface area is 73.8 Å². The molecule has 2 atom stereocenters. The van der Waals surface area contributed by atoms with Crippen LogP contribution < -0.4 is 0 Å². The summed E-state index contributed by atoms with van der Waals surface area (Å²) in [4.78, 5) is 11.7. The van der Waals surface area contributed by atoms with Crippen LogP contribution in [0.3, 0.4) is 0 Å². The molecule has 1 heteroatoms. The van der Waals surface area contributed by atoms with Gasteiger partial charge in [0.05, 0.1) is 0 Å². The van der Waals surface area contributed by atoms with Crippen LogP contribution in [0.5, 0.6) is 0 Å². The van der Waals surface area contributed by atoms with E-state index in [-0.39, 0.29) is 5.92 Å². The first-order valence-corrected chi connectivity index (χ1v) is 4.98. The van der Waals surface area contributed by atoms with E-state index in [1.807, 2.05) is 0 Å². The first-order chi connectivity index (χ1) is 5.72. The Balaban J connectivity index is 2.35. The number of hydrogen-bond donors (Lipinski definition) is 0. The number of rotatable bonds is 0. The van der Waals surface area contributed by atoms with Crippen molar-refractivity contribution in [1.29, 1.82) is 0 Å². The lowest BCUT2D eigenvalue weighted by Gasteiger charge is -2.15. The van der Waals surface area contributed by atoms with Gasteiger partial charge in [0, 0.05) is 5.92 Å². The summed E-state index contributed by atoms with van der Waals surface area (Å²) in [6, 6.07) is 0. The van der Waals surface area contributed by atoms with E-state index in [2.05, 4.69) is 13.8 Å². The average Bonchev–Trinajstić information content (AvgIpc) is 2.33.